The summed E-state index contributed by atoms with van der Waals surface area (Å²) < 4.78 is 20.7. The van der Waals surface area contributed by atoms with Crippen molar-refractivity contribution in [1.82, 2.24) is 10.1 Å². The minimum absolute atomic E-state index is 0.362. The lowest BCUT2D eigenvalue weighted by atomic mass is 10.1. The van der Waals surface area contributed by atoms with Crippen molar-refractivity contribution in [3.8, 4) is 23.0 Å². The zero-order valence-electron chi connectivity index (χ0n) is 12.4. The van der Waals surface area contributed by atoms with Crippen molar-refractivity contribution >= 4 is 5.69 Å². The van der Waals surface area contributed by atoms with E-state index >= 15 is 0 Å². The van der Waals surface area contributed by atoms with E-state index in [4.69, 9.17) is 24.5 Å². The van der Waals surface area contributed by atoms with E-state index < -0.39 is 0 Å². The molecule has 0 fully saturated rings. The fraction of sp³-hybridized carbons (Fsp3) is 0.429. The topological polar surface area (TPSA) is 92.6 Å². The van der Waals surface area contributed by atoms with Crippen LogP contribution in [0.25, 0.3) is 11.5 Å². The largest absolute Gasteiger partial charge is 0.493 e. The molecular formula is C14H19N3O4. The molecule has 0 amide bonds. The first kappa shape index (κ1) is 15.1. The van der Waals surface area contributed by atoms with E-state index in [1.165, 1.54) is 0 Å². The predicted octanol–water partition coefficient (Wildman–Crippen LogP) is 1.91. The van der Waals surface area contributed by atoms with Crippen LogP contribution in [-0.4, -0.2) is 38.1 Å². The third-order valence-corrected chi connectivity index (χ3v) is 3.00. The van der Waals surface area contributed by atoms with Crippen LogP contribution in [0.5, 0.6) is 11.5 Å². The van der Waals surface area contributed by atoms with Crippen molar-refractivity contribution in [1.29, 1.82) is 0 Å². The number of hydrogen-bond donors (Lipinski definition) is 1. The molecule has 0 aliphatic heterocycles. The molecule has 7 nitrogen and oxygen atoms in total. The zero-order chi connectivity index (χ0) is 15.2. The molecule has 0 aliphatic carbocycles. The number of benzene rings is 1. The molecule has 1 aromatic carbocycles. The number of hydrogen-bond acceptors (Lipinski definition) is 7. The number of anilines is 1. The van der Waals surface area contributed by atoms with Gasteiger partial charge in [-0.05, 0) is 12.5 Å². The van der Waals surface area contributed by atoms with E-state index in [9.17, 15) is 0 Å². The SMILES string of the molecule is COCCCc1noc(-c2cc(OC)c(OC)cc2N)n1. The van der Waals surface area contributed by atoms with Gasteiger partial charge in [-0.15, -0.1) is 0 Å². The number of nitrogens with zero attached hydrogens (tertiary/aromatic N) is 2. The monoisotopic (exact) mass is 293 g/mol. The predicted molar refractivity (Wildman–Crippen MR) is 77.4 cm³/mol. The Hall–Kier alpha value is -2.28. The van der Waals surface area contributed by atoms with Crippen molar-refractivity contribution in [2.75, 3.05) is 33.7 Å². The molecule has 1 aromatic heterocycles. The maximum absolute atomic E-state index is 6.00. The van der Waals surface area contributed by atoms with Crippen LogP contribution in [0.2, 0.25) is 0 Å². The molecule has 0 saturated heterocycles. The second-order valence-electron chi connectivity index (χ2n) is 4.41. The molecule has 0 spiro atoms. The lowest BCUT2D eigenvalue weighted by Crippen LogP contribution is -1.97. The van der Waals surface area contributed by atoms with Crippen LogP contribution in [0.15, 0.2) is 16.7 Å². The Kier molecular flexibility index (Phi) is 4.99. The van der Waals surface area contributed by atoms with E-state index in [-0.39, 0.29) is 0 Å². The molecule has 2 aromatic rings. The molecule has 1 heterocycles. The quantitative estimate of drug-likeness (QED) is 0.615. The van der Waals surface area contributed by atoms with Crippen LogP contribution >= 0.6 is 0 Å². The summed E-state index contributed by atoms with van der Waals surface area (Å²) in [6.45, 7) is 0.655. The Morgan fingerprint density at radius 3 is 2.52 bits per heavy atom. The Morgan fingerprint density at radius 1 is 1.14 bits per heavy atom. The molecule has 2 N–H and O–H groups in total. The number of methoxy groups -OCH3 is 3. The smallest absolute Gasteiger partial charge is 0.260 e. The highest BCUT2D eigenvalue weighted by Gasteiger charge is 2.16. The summed E-state index contributed by atoms with van der Waals surface area (Å²) >= 11 is 0. The number of aryl methyl sites for hydroxylation is 1. The maximum atomic E-state index is 6.00. The maximum Gasteiger partial charge on any atom is 0.260 e. The van der Waals surface area contributed by atoms with Crippen LogP contribution in [0.1, 0.15) is 12.2 Å². The highest BCUT2D eigenvalue weighted by molar-refractivity contribution is 5.75. The fourth-order valence-corrected chi connectivity index (χ4v) is 1.92. The number of ether oxygens (including phenoxy) is 3. The van der Waals surface area contributed by atoms with Crippen molar-refractivity contribution in [3.05, 3.63) is 18.0 Å². The molecule has 114 valence electrons. The third kappa shape index (κ3) is 3.43. The summed E-state index contributed by atoms with van der Waals surface area (Å²) in [5.74, 6) is 2.09. The van der Waals surface area contributed by atoms with E-state index in [1.54, 1.807) is 33.5 Å². The lowest BCUT2D eigenvalue weighted by Gasteiger charge is -2.10. The van der Waals surface area contributed by atoms with Gasteiger partial charge in [0.15, 0.2) is 17.3 Å². The van der Waals surface area contributed by atoms with Crippen LogP contribution in [0, 0.1) is 0 Å². The van der Waals surface area contributed by atoms with Gasteiger partial charge in [0.1, 0.15) is 0 Å². The van der Waals surface area contributed by atoms with Crippen LogP contribution in [0.3, 0.4) is 0 Å². The summed E-state index contributed by atoms with van der Waals surface area (Å²) in [6.07, 6.45) is 1.52. The van der Waals surface area contributed by atoms with Crippen molar-refractivity contribution in [2.45, 2.75) is 12.8 Å². The molecule has 0 saturated carbocycles. The summed E-state index contributed by atoms with van der Waals surface area (Å²) in [7, 11) is 4.77. The minimum atomic E-state index is 0.362. The molecular weight excluding hydrogens is 274 g/mol. The molecule has 0 radical (unpaired) electrons. The van der Waals surface area contributed by atoms with Gasteiger partial charge in [0.25, 0.3) is 5.89 Å². The first-order chi connectivity index (χ1) is 10.2. The van der Waals surface area contributed by atoms with Crippen molar-refractivity contribution in [3.63, 3.8) is 0 Å². The van der Waals surface area contributed by atoms with Gasteiger partial charge in [-0.25, -0.2) is 0 Å². The average molecular weight is 293 g/mol. The average Bonchev–Trinajstić information content (AvgIpc) is 2.95. The Labute approximate surface area is 123 Å². The summed E-state index contributed by atoms with van der Waals surface area (Å²) in [5.41, 5.74) is 7.11. The number of aromatic nitrogens is 2. The molecule has 0 bridgehead atoms. The minimum Gasteiger partial charge on any atom is -0.493 e. The highest BCUT2D eigenvalue weighted by atomic mass is 16.5. The fourth-order valence-electron chi connectivity index (χ4n) is 1.92. The Balaban J connectivity index is 2.25. The number of rotatable bonds is 7. The van der Waals surface area contributed by atoms with Crippen molar-refractivity contribution in [2.24, 2.45) is 0 Å². The summed E-state index contributed by atoms with van der Waals surface area (Å²) in [6, 6.07) is 3.39. The Morgan fingerprint density at radius 2 is 1.86 bits per heavy atom. The number of nitrogens with two attached hydrogens (primary N) is 1. The van der Waals surface area contributed by atoms with E-state index in [2.05, 4.69) is 10.1 Å². The third-order valence-electron chi connectivity index (χ3n) is 3.00. The molecule has 21 heavy (non-hydrogen) atoms. The summed E-state index contributed by atoms with van der Waals surface area (Å²) in [5, 5.41) is 3.93. The lowest BCUT2D eigenvalue weighted by molar-refractivity contribution is 0.194. The van der Waals surface area contributed by atoms with Crippen LogP contribution in [-0.2, 0) is 11.2 Å². The van der Waals surface area contributed by atoms with Gasteiger partial charge >= 0.3 is 0 Å². The first-order valence-corrected chi connectivity index (χ1v) is 6.53. The van der Waals surface area contributed by atoms with Gasteiger partial charge < -0.3 is 24.5 Å². The van der Waals surface area contributed by atoms with Gasteiger partial charge in [0.2, 0.25) is 0 Å². The van der Waals surface area contributed by atoms with E-state index in [0.717, 1.165) is 6.42 Å². The van der Waals surface area contributed by atoms with E-state index in [0.29, 0.717) is 47.5 Å². The molecule has 0 aliphatic rings. The van der Waals surface area contributed by atoms with Gasteiger partial charge in [0, 0.05) is 31.9 Å². The molecule has 2 rings (SSSR count). The highest BCUT2D eigenvalue weighted by Crippen LogP contribution is 2.36. The van der Waals surface area contributed by atoms with Gasteiger partial charge in [-0.2, -0.15) is 4.98 Å². The molecule has 0 atom stereocenters. The normalized spacial score (nSPS) is 10.6. The van der Waals surface area contributed by atoms with Crippen LogP contribution in [0.4, 0.5) is 5.69 Å². The standard InChI is InChI=1S/C14H19N3O4/c1-18-6-4-5-13-16-14(21-17-13)9-7-11(19-2)12(20-3)8-10(9)15/h7-8H,4-6,15H2,1-3H3. The van der Waals surface area contributed by atoms with Gasteiger partial charge in [0.05, 0.1) is 19.8 Å². The van der Waals surface area contributed by atoms with E-state index in [1.807, 2.05) is 0 Å². The number of nitrogen functional groups attached to an aromatic ring is 1. The second kappa shape index (κ2) is 6.94. The van der Waals surface area contributed by atoms with Crippen molar-refractivity contribution < 1.29 is 18.7 Å². The first-order valence-electron chi connectivity index (χ1n) is 6.53. The summed E-state index contributed by atoms with van der Waals surface area (Å²) in [4.78, 5) is 4.33. The second-order valence-corrected chi connectivity index (χ2v) is 4.41. The zero-order valence-corrected chi connectivity index (χ0v) is 12.4. The van der Waals surface area contributed by atoms with Gasteiger partial charge in [-0.1, -0.05) is 5.16 Å². The van der Waals surface area contributed by atoms with Gasteiger partial charge in [-0.3, -0.25) is 0 Å². The molecule has 0 unspecified atom stereocenters. The Bertz CT molecular complexity index is 598. The van der Waals surface area contributed by atoms with Crippen LogP contribution < -0.4 is 15.2 Å². The molecule has 7 heteroatoms.